The van der Waals surface area contributed by atoms with Gasteiger partial charge in [-0.3, -0.25) is 4.98 Å². The van der Waals surface area contributed by atoms with Gasteiger partial charge in [-0.2, -0.15) is 5.26 Å². The number of β-amino-alcohol motifs (C(OH)–C–C–N with tert-alkyl or cyclic N) is 1. The van der Waals surface area contributed by atoms with Crippen molar-refractivity contribution in [1.82, 2.24) is 15.2 Å². The number of pyridine rings is 1. The van der Waals surface area contributed by atoms with Crippen LogP contribution in [0.15, 0.2) is 79.2 Å². The second-order valence-corrected chi connectivity index (χ2v) is 14.8. The number of alkyl halides is 1. The van der Waals surface area contributed by atoms with Crippen LogP contribution < -0.4 is 14.8 Å². The summed E-state index contributed by atoms with van der Waals surface area (Å²) in [6.07, 6.45) is 10.3. The fourth-order valence-electron chi connectivity index (χ4n) is 6.61. The van der Waals surface area contributed by atoms with Crippen LogP contribution in [0.25, 0.3) is 5.57 Å². The van der Waals surface area contributed by atoms with E-state index in [2.05, 4.69) is 21.3 Å². The van der Waals surface area contributed by atoms with Crippen molar-refractivity contribution in [2.24, 2.45) is 0 Å². The molecule has 2 aliphatic heterocycles. The minimum absolute atomic E-state index is 0.0476. The van der Waals surface area contributed by atoms with Crippen LogP contribution >= 0.6 is 23.2 Å². The third kappa shape index (κ3) is 8.60. The lowest BCUT2D eigenvalue weighted by Crippen LogP contribution is -2.62. The number of hydrogen-bond acceptors (Lipinski definition) is 10. The van der Waals surface area contributed by atoms with Gasteiger partial charge in [0.2, 0.25) is 0 Å². The molecule has 0 radical (unpaired) electrons. The molecule has 51 heavy (non-hydrogen) atoms. The summed E-state index contributed by atoms with van der Waals surface area (Å²) in [5.74, 6) is 0.895. The Labute approximate surface area is 309 Å². The fourth-order valence-corrected chi connectivity index (χ4v) is 7.19. The van der Waals surface area contributed by atoms with Gasteiger partial charge in [0.25, 0.3) is 0 Å². The van der Waals surface area contributed by atoms with Gasteiger partial charge in [-0.15, -0.1) is 11.6 Å². The first-order valence-corrected chi connectivity index (χ1v) is 18.0. The number of rotatable bonds is 16. The summed E-state index contributed by atoms with van der Waals surface area (Å²) in [7, 11) is 0. The molecule has 3 heterocycles. The van der Waals surface area contributed by atoms with E-state index in [9.17, 15) is 15.5 Å². The van der Waals surface area contributed by atoms with Crippen LogP contribution in [0.5, 0.6) is 11.5 Å². The molecule has 3 aromatic rings. The van der Waals surface area contributed by atoms with Crippen LogP contribution in [0.3, 0.4) is 0 Å². The van der Waals surface area contributed by atoms with Crippen molar-refractivity contribution >= 4 is 28.8 Å². The largest absolute Gasteiger partial charge is 0.488 e. The Bertz CT molecular complexity index is 1750. The molecule has 2 saturated heterocycles. The molecule has 1 aromatic heterocycles. The number of aliphatic hydroxyl groups is 2. The molecule has 0 bridgehead atoms. The molecule has 2 aromatic carbocycles. The number of allylic oxidation sites excluding steroid dienone is 2. The van der Waals surface area contributed by atoms with E-state index in [1.54, 1.807) is 24.4 Å². The summed E-state index contributed by atoms with van der Waals surface area (Å²) in [5.41, 5.74) is 2.19. The van der Waals surface area contributed by atoms with Crippen LogP contribution in [0, 0.1) is 11.3 Å². The van der Waals surface area contributed by atoms with Gasteiger partial charge in [0, 0.05) is 62.4 Å². The number of halogens is 2. The molecular formula is C39H44Cl2N4O6. The molecule has 3 aliphatic rings. The van der Waals surface area contributed by atoms with Crippen LogP contribution in [-0.2, 0) is 22.6 Å². The van der Waals surface area contributed by atoms with Crippen molar-refractivity contribution in [2.75, 3.05) is 52.7 Å². The Morgan fingerprint density at radius 1 is 1.14 bits per heavy atom. The van der Waals surface area contributed by atoms with Gasteiger partial charge >= 0.3 is 0 Å². The number of ether oxygens (including phenoxy) is 4. The first-order chi connectivity index (χ1) is 24.7. The summed E-state index contributed by atoms with van der Waals surface area (Å²) in [6, 6.07) is 17.4. The molecular weight excluding hydrogens is 691 g/mol. The lowest BCUT2D eigenvalue weighted by molar-refractivity contribution is -0.0982. The van der Waals surface area contributed by atoms with Crippen LogP contribution in [0.4, 0.5) is 0 Å². The molecule has 2 unspecified atom stereocenters. The summed E-state index contributed by atoms with van der Waals surface area (Å²) >= 11 is 14.5. The molecule has 0 spiro atoms. The van der Waals surface area contributed by atoms with Crippen LogP contribution in [-0.4, -0.2) is 94.9 Å². The van der Waals surface area contributed by atoms with Crippen molar-refractivity contribution in [1.29, 1.82) is 5.26 Å². The molecule has 270 valence electrons. The Balaban J connectivity index is 1.25. The smallest absolute Gasteiger partial charge is 0.143 e. The zero-order valence-corrected chi connectivity index (χ0v) is 30.2. The molecule has 3 N–H and O–H groups in total. The quantitative estimate of drug-likeness (QED) is 0.132. The highest BCUT2D eigenvalue weighted by molar-refractivity contribution is 6.32. The second-order valence-electron chi connectivity index (χ2n) is 13.6. The first-order valence-electron chi connectivity index (χ1n) is 17.2. The first kappa shape index (κ1) is 37.3. The third-order valence-electron chi connectivity index (χ3n) is 9.83. The summed E-state index contributed by atoms with van der Waals surface area (Å²) in [6.45, 7) is 5.99. The van der Waals surface area contributed by atoms with E-state index in [4.69, 9.17) is 42.1 Å². The van der Waals surface area contributed by atoms with Crippen molar-refractivity contribution in [3.63, 3.8) is 0 Å². The Hall–Kier alpha value is -3.50. The number of hydrogen-bond donors (Lipinski definition) is 3. The van der Waals surface area contributed by atoms with Crippen molar-refractivity contribution in [3.05, 3.63) is 106 Å². The standard InChI is InChI=1S/C39H44Cl2N4O6/c1-37(41)33(30-7-3-2-4-8-30)9-5-11-39(37,51-14-6-12-45-13-10-32(47)22-45)27-50-36-17-35(49-23-29-15-28(18-42)19-43-20-29)31(16-34(36)40)21-44-38(24-46)25-48-26-38/h2-5,7-9,11,15-17,19-20,32,44,46-47H,6,10,12-14,21-27H2,1H3/t32?,37-,39?/m1/s1. The average molecular weight is 736 g/mol. The summed E-state index contributed by atoms with van der Waals surface area (Å²) in [5, 5.41) is 33.1. The SMILES string of the molecule is C[C@@]1(Cl)C(c2ccccc2)=CC=CC1(COc1cc(OCc2cncc(C#N)c2)c(CNC2(CO)COC2)cc1Cl)OCCCN1CCC(O)C1. The highest BCUT2D eigenvalue weighted by Crippen LogP contribution is 2.48. The summed E-state index contributed by atoms with van der Waals surface area (Å²) < 4.78 is 25.0. The molecule has 3 atom stereocenters. The normalized spacial score (nSPS) is 24.1. The molecule has 12 heteroatoms. The van der Waals surface area contributed by atoms with E-state index in [0.717, 1.165) is 48.2 Å². The Morgan fingerprint density at radius 2 is 1.96 bits per heavy atom. The maximum Gasteiger partial charge on any atom is 0.143 e. The number of nitrogens with one attached hydrogen (secondary N) is 1. The maximum absolute atomic E-state index is 9.98. The van der Waals surface area contributed by atoms with E-state index >= 15 is 0 Å². The topological polar surface area (TPSA) is 129 Å². The van der Waals surface area contributed by atoms with E-state index in [1.807, 2.05) is 55.5 Å². The van der Waals surface area contributed by atoms with Crippen LogP contribution in [0.1, 0.15) is 42.0 Å². The number of aliphatic hydroxyl groups excluding tert-OH is 2. The maximum atomic E-state index is 9.98. The zero-order chi connectivity index (χ0) is 35.9. The number of aromatic nitrogens is 1. The molecule has 6 rings (SSSR count). The number of nitrogens with zero attached hydrogens (tertiary/aromatic N) is 3. The Morgan fingerprint density at radius 3 is 2.67 bits per heavy atom. The van der Waals surface area contributed by atoms with Crippen molar-refractivity contribution in [3.8, 4) is 17.6 Å². The van der Waals surface area contributed by atoms with Crippen molar-refractivity contribution in [2.45, 2.75) is 55.0 Å². The zero-order valence-electron chi connectivity index (χ0n) is 28.7. The van der Waals surface area contributed by atoms with Gasteiger partial charge in [0.1, 0.15) is 41.3 Å². The van der Waals surface area contributed by atoms with E-state index in [-0.39, 0.29) is 25.9 Å². The minimum atomic E-state index is -1.08. The van der Waals surface area contributed by atoms with Gasteiger partial charge < -0.3 is 39.4 Å². The van der Waals surface area contributed by atoms with Gasteiger partial charge in [-0.1, -0.05) is 54.1 Å². The van der Waals surface area contributed by atoms with E-state index in [0.29, 0.717) is 55.0 Å². The van der Waals surface area contributed by atoms with Gasteiger partial charge in [0.05, 0.1) is 42.0 Å². The second kappa shape index (κ2) is 16.4. The molecule has 2 fully saturated rings. The van der Waals surface area contributed by atoms with Gasteiger partial charge in [-0.05, 0) is 49.1 Å². The highest BCUT2D eigenvalue weighted by atomic mass is 35.5. The van der Waals surface area contributed by atoms with E-state index < -0.39 is 16.0 Å². The molecule has 10 nitrogen and oxygen atoms in total. The third-order valence-corrected chi connectivity index (χ3v) is 10.6. The van der Waals surface area contributed by atoms with Gasteiger partial charge in [-0.25, -0.2) is 0 Å². The highest BCUT2D eigenvalue weighted by Gasteiger charge is 2.51. The molecule has 0 amide bonds. The Kier molecular flexibility index (Phi) is 12.0. The number of benzene rings is 2. The number of likely N-dealkylation sites (tertiary alicyclic amines) is 1. The summed E-state index contributed by atoms with van der Waals surface area (Å²) in [4.78, 5) is 5.37. The lowest BCUT2D eigenvalue weighted by Gasteiger charge is -2.45. The molecule has 0 saturated carbocycles. The average Bonchev–Trinajstić information content (AvgIpc) is 3.54. The minimum Gasteiger partial charge on any atom is -0.488 e. The molecule has 1 aliphatic carbocycles. The predicted octanol–water partition coefficient (Wildman–Crippen LogP) is 5.28. The number of nitriles is 1. The van der Waals surface area contributed by atoms with Gasteiger partial charge in [0.15, 0.2) is 0 Å². The monoisotopic (exact) mass is 734 g/mol. The van der Waals surface area contributed by atoms with Crippen molar-refractivity contribution < 1.29 is 29.2 Å². The fraction of sp³-hybridized carbons (Fsp3) is 0.436. The van der Waals surface area contributed by atoms with Crippen LogP contribution in [0.2, 0.25) is 5.02 Å². The predicted molar refractivity (Wildman–Crippen MR) is 196 cm³/mol. The van der Waals surface area contributed by atoms with E-state index in [1.165, 1.54) is 6.20 Å². The lowest BCUT2D eigenvalue weighted by atomic mass is 9.76.